The summed E-state index contributed by atoms with van der Waals surface area (Å²) in [5, 5.41) is 8.61. The summed E-state index contributed by atoms with van der Waals surface area (Å²) in [6.07, 6.45) is 1.41. The smallest absolute Gasteiger partial charge is 0.0625 e. The van der Waals surface area contributed by atoms with Gasteiger partial charge in [-0.3, -0.25) is 0 Å². The Morgan fingerprint density at radius 1 is 1.06 bits per heavy atom. The first-order valence-corrected chi connectivity index (χ1v) is 5.83. The van der Waals surface area contributed by atoms with Gasteiger partial charge in [0.1, 0.15) is 0 Å². The maximum Gasteiger partial charge on any atom is 0.0625 e. The molecule has 0 N–H and O–H groups in total. The average molecular weight is 221 g/mol. The van der Waals surface area contributed by atoms with Gasteiger partial charge in [-0.1, -0.05) is 48.5 Å². The van der Waals surface area contributed by atoms with Crippen molar-refractivity contribution in [1.29, 1.82) is 5.26 Å². The fourth-order valence-electron chi connectivity index (χ4n) is 1.99. The standard InChI is InChI=1S/C16H15N/c1-13-6-2-3-10-16(13)15-9-4-7-14(12-15)8-5-11-17/h2-4,6-7,9-10,12H,5,8H2,1H3. The molecule has 84 valence electrons. The first-order chi connectivity index (χ1) is 8.31. The van der Waals surface area contributed by atoms with Gasteiger partial charge in [0.15, 0.2) is 0 Å². The third-order valence-corrected chi connectivity index (χ3v) is 2.91. The summed E-state index contributed by atoms with van der Waals surface area (Å²) in [6, 6.07) is 19.0. The highest BCUT2D eigenvalue weighted by Gasteiger charge is 2.01. The van der Waals surface area contributed by atoms with Gasteiger partial charge in [0, 0.05) is 6.42 Å². The van der Waals surface area contributed by atoms with Crippen molar-refractivity contribution in [3.63, 3.8) is 0 Å². The maximum absolute atomic E-state index is 8.61. The van der Waals surface area contributed by atoms with Gasteiger partial charge in [-0.15, -0.1) is 0 Å². The minimum atomic E-state index is 0.581. The van der Waals surface area contributed by atoms with Crippen molar-refractivity contribution >= 4 is 0 Å². The zero-order valence-corrected chi connectivity index (χ0v) is 9.98. The van der Waals surface area contributed by atoms with Gasteiger partial charge in [0.25, 0.3) is 0 Å². The zero-order valence-electron chi connectivity index (χ0n) is 9.98. The summed E-state index contributed by atoms with van der Waals surface area (Å²) in [6.45, 7) is 2.12. The van der Waals surface area contributed by atoms with Crippen LogP contribution in [0, 0.1) is 18.3 Å². The van der Waals surface area contributed by atoms with Gasteiger partial charge in [0.2, 0.25) is 0 Å². The fraction of sp³-hybridized carbons (Fsp3) is 0.188. The molecule has 2 aromatic carbocycles. The molecule has 0 heterocycles. The van der Waals surface area contributed by atoms with Crippen LogP contribution in [0.1, 0.15) is 17.5 Å². The van der Waals surface area contributed by atoms with Crippen LogP contribution in [0.15, 0.2) is 48.5 Å². The summed E-state index contributed by atoms with van der Waals surface area (Å²) >= 11 is 0. The molecule has 17 heavy (non-hydrogen) atoms. The van der Waals surface area contributed by atoms with E-state index in [0.29, 0.717) is 6.42 Å². The molecular weight excluding hydrogens is 206 g/mol. The minimum absolute atomic E-state index is 0.581. The lowest BCUT2D eigenvalue weighted by atomic mass is 9.98. The van der Waals surface area contributed by atoms with Crippen molar-refractivity contribution in [3.05, 3.63) is 59.7 Å². The molecule has 2 aromatic rings. The van der Waals surface area contributed by atoms with Crippen LogP contribution in [0.25, 0.3) is 11.1 Å². The molecule has 0 aliphatic carbocycles. The summed E-state index contributed by atoms with van der Waals surface area (Å²) in [7, 11) is 0. The summed E-state index contributed by atoms with van der Waals surface area (Å²) in [5.41, 5.74) is 5.02. The van der Waals surface area contributed by atoms with Crippen molar-refractivity contribution in [1.82, 2.24) is 0 Å². The molecule has 0 unspecified atom stereocenters. The van der Waals surface area contributed by atoms with Crippen molar-refractivity contribution in [2.24, 2.45) is 0 Å². The number of nitrogens with zero attached hydrogens (tertiary/aromatic N) is 1. The van der Waals surface area contributed by atoms with Gasteiger partial charge in [-0.2, -0.15) is 5.26 Å². The van der Waals surface area contributed by atoms with Crippen LogP contribution in [0.2, 0.25) is 0 Å². The van der Waals surface area contributed by atoms with Gasteiger partial charge < -0.3 is 0 Å². The second kappa shape index (κ2) is 5.32. The Morgan fingerprint density at radius 2 is 1.88 bits per heavy atom. The van der Waals surface area contributed by atoms with Crippen LogP contribution in [0.4, 0.5) is 0 Å². The normalized spacial score (nSPS) is 9.88. The third-order valence-electron chi connectivity index (χ3n) is 2.91. The van der Waals surface area contributed by atoms with E-state index in [4.69, 9.17) is 5.26 Å². The van der Waals surface area contributed by atoms with Crippen LogP contribution < -0.4 is 0 Å². The molecule has 1 nitrogen and oxygen atoms in total. The predicted octanol–water partition coefficient (Wildman–Crippen LogP) is 4.12. The van der Waals surface area contributed by atoms with E-state index >= 15 is 0 Å². The molecule has 0 radical (unpaired) electrons. The Morgan fingerprint density at radius 3 is 2.65 bits per heavy atom. The molecule has 0 saturated heterocycles. The van der Waals surface area contributed by atoms with E-state index in [1.54, 1.807) is 0 Å². The highest BCUT2D eigenvalue weighted by atomic mass is 14.2. The van der Waals surface area contributed by atoms with E-state index in [0.717, 1.165) is 6.42 Å². The summed E-state index contributed by atoms with van der Waals surface area (Å²) < 4.78 is 0. The Bertz CT molecular complexity index is 549. The molecule has 2 rings (SSSR count). The SMILES string of the molecule is Cc1ccccc1-c1cccc(CCC#N)c1. The number of hydrogen-bond donors (Lipinski definition) is 0. The van der Waals surface area contributed by atoms with Crippen molar-refractivity contribution in [2.75, 3.05) is 0 Å². The van der Waals surface area contributed by atoms with Crippen LogP contribution in [0.3, 0.4) is 0 Å². The Balaban J connectivity index is 2.34. The summed E-state index contributed by atoms with van der Waals surface area (Å²) in [4.78, 5) is 0. The lowest BCUT2D eigenvalue weighted by Gasteiger charge is -2.07. The van der Waals surface area contributed by atoms with Gasteiger partial charge in [-0.05, 0) is 35.6 Å². The second-order valence-corrected chi connectivity index (χ2v) is 4.17. The highest BCUT2D eigenvalue weighted by Crippen LogP contribution is 2.24. The van der Waals surface area contributed by atoms with Gasteiger partial charge in [-0.25, -0.2) is 0 Å². The number of hydrogen-bond acceptors (Lipinski definition) is 1. The number of nitriles is 1. The predicted molar refractivity (Wildman–Crippen MR) is 70.5 cm³/mol. The highest BCUT2D eigenvalue weighted by molar-refractivity contribution is 5.67. The molecule has 0 spiro atoms. The van der Waals surface area contributed by atoms with Crippen LogP contribution in [0.5, 0.6) is 0 Å². The number of aryl methyl sites for hydroxylation is 2. The van der Waals surface area contributed by atoms with Crippen molar-refractivity contribution in [2.45, 2.75) is 19.8 Å². The fourth-order valence-corrected chi connectivity index (χ4v) is 1.99. The van der Waals surface area contributed by atoms with E-state index in [2.05, 4.69) is 61.5 Å². The molecule has 1 heteroatoms. The molecule has 0 fully saturated rings. The lowest BCUT2D eigenvalue weighted by molar-refractivity contribution is 1.01. The topological polar surface area (TPSA) is 23.8 Å². The van der Waals surface area contributed by atoms with E-state index in [1.807, 2.05) is 0 Å². The number of benzene rings is 2. The Hall–Kier alpha value is -2.07. The van der Waals surface area contributed by atoms with E-state index < -0.39 is 0 Å². The zero-order chi connectivity index (χ0) is 12.1. The second-order valence-electron chi connectivity index (χ2n) is 4.17. The first-order valence-electron chi connectivity index (χ1n) is 5.83. The number of rotatable bonds is 3. The van der Waals surface area contributed by atoms with Crippen molar-refractivity contribution in [3.8, 4) is 17.2 Å². The largest absolute Gasteiger partial charge is 0.198 e. The Kier molecular flexibility index (Phi) is 3.57. The minimum Gasteiger partial charge on any atom is -0.198 e. The molecule has 0 bridgehead atoms. The lowest BCUT2D eigenvalue weighted by Crippen LogP contribution is -1.87. The molecule has 0 atom stereocenters. The molecule has 0 amide bonds. The van der Waals surface area contributed by atoms with Crippen molar-refractivity contribution < 1.29 is 0 Å². The summed E-state index contributed by atoms with van der Waals surface area (Å²) in [5.74, 6) is 0. The van der Waals surface area contributed by atoms with E-state index in [-0.39, 0.29) is 0 Å². The third kappa shape index (κ3) is 2.73. The van der Waals surface area contributed by atoms with Crippen LogP contribution >= 0.6 is 0 Å². The van der Waals surface area contributed by atoms with E-state index in [1.165, 1.54) is 22.3 Å². The molecule has 0 aromatic heterocycles. The van der Waals surface area contributed by atoms with Crippen LogP contribution in [-0.4, -0.2) is 0 Å². The molecule has 0 aliphatic rings. The van der Waals surface area contributed by atoms with Gasteiger partial charge in [0.05, 0.1) is 6.07 Å². The monoisotopic (exact) mass is 221 g/mol. The Labute approximate surface area is 102 Å². The van der Waals surface area contributed by atoms with Gasteiger partial charge >= 0.3 is 0 Å². The molecular formula is C16H15N. The van der Waals surface area contributed by atoms with Crippen LogP contribution in [-0.2, 0) is 6.42 Å². The quantitative estimate of drug-likeness (QED) is 0.764. The maximum atomic E-state index is 8.61. The molecule has 0 aliphatic heterocycles. The first kappa shape index (κ1) is 11.4. The molecule has 0 saturated carbocycles. The van der Waals surface area contributed by atoms with E-state index in [9.17, 15) is 0 Å². The average Bonchev–Trinajstić information content (AvgIpc) is 2.37.